The third kappa shape index (κ3) is 4.33. The molecule has 4 heterocycles. The predicted octanol–water partition coefficient (Wildman–Crippen LogP) is 1.40. The summed E-state index contributed by atoms with van der Waals surface area (Å²) in [5, 5.41) is 22.7. The van der Waals surface area contributed by atoms with E-state index in [1.807, 2.05) is 12.1 Å². The molecule has 2 aliphatic rings. The first-order valence-electron chi connectivity index (χ1n) is 10.7. The Morgan fingerprint density at radius 3 is 2.83 bits per heavy atom. The second kappa shape index (κ2) is 8.59. The van der Waals surface area contributed by atoms with Crippen LogP contribution in [0.15, 0.2) is 24.5 Å². The maximum atomic E-state index is 12.8. The Balaban J connectivity index is 1.37. The third-order valence-electron chi connectivity index (χ3n) is 6.15. The van der Waals surface area contributed by atoms with Crippen molar-refractivity contribution in [1.29, 1.82) is 0 Å². The average molecular weight is 399 g/mol. The molecule has 1 saturated heterocycles. The number of hydrogen-bond donors (Lipinski definition) is 2. The van der Waals surface area contributed by atoms with E-state index in [0.29, 0.717) is 12.8 Å². The highest BCUT2D eigenvalue weighted by Crippen LogP contribution is 2.25. The molecule has 0 aromatic carbocycles. The minimum absolute atomic E-state index is 0.0312. The topological polar surface area (TPSA) is 96.2 Å². The lowest BCUT2D eigenvalue weighted by atomic mass is 9.89. The zero-order valence-corrected chi connectivity index (χ0v) is 17.0. The van der Waals surface area contributed by atoms with E-state index in [9.17, 15) is 9.90 Å². The van der Waals surface area contributed by atoms with Crippen molar-refractivity contribution in [1.82, 2.24) is 30.0 Å². The van der Waals surface area contributed by atoms with E-state index in [0.717, 1.165) is 69.1 Å². The lowest BCUT2D eigenvalue weighted by Gasteiger charge is -2.37. The SMILES string of the molecule is CCCN1CCC(O)(C(=O)NC2CCc3nnc(-c4cccnc4)n3CC2)CC1. The van der Waals surface area contributed by atoms with Crippen molar-refractivity contribution in [2.24, 2.45) is 0 Å². The first-order chi connectivity index (χ1) is 14.1. The molecule has 2 aromatic rings. The second-order valence-electron chi connectivity index (χ2n) is 8.20. The van der Waals surface area contributed by atoms with Gasteiger partial charge in [0.05, 0.1) is 0 Å². The lowest BCUT2D eigenvalue weighted by molar-refractivity contribution is -0.145. The number of fused-ring (bicyclic) bond motifs is 1. The monoisotopic (exact) mass is 398 g/mol. The highest BCUT2D eigenvalue weighted by Gasteiger charge is 2.40. The van der Waals surface area contributed by atoms with E-state index in [4.69, 9.17) is 0 Å². The molecular formula is C21H30N6O2. The van der Waals surface area contributed by atoms with Crippen molar-refractivity contribution in [2.45, 2.75) is 63.6 Å². The summed E-state index contributed by atoms with van der Waals surface area (Å²) >= 11 is 0. The van der Waals surface area contributed by atoms with Crippen LogP contribution in [0, 0.1) is 0 Å². The fourth-order valence-electron chi connectivity index (χ4n) is 4.35. The van der Waals surface area contributed by atoms with Crippen molar-refractivity contribution < 1.29 is 9.90 Å². The van der Waals surface area contributed by atoms with E-state index >= 15 is 0 Å². The van der Waals surface area contributed by atoms with E-state index < -0.39 is 5.60 Å². The molecule has 8 heteroatoms. The van der Waals surface area contributed by atoms with Gasteiger partial charge >= 0.3 is 0 Å². The van der Waals surface area contributed by atoms with Gasteiger partial charge in [-0.25, -0.2) is 0 Å². The van der Waals surface area contributed by atoms with Crippen LogP contribution in [-0.2, 0) is 17.8 Å². The van der Waals surface area contributed by atoms with Gasteiger partial charge in [-0.2, -0.15) is 0 Å². The molecule has 0 spiro atoms. The second-order valence-corrected chi connectivity index (χ2v) is 8.20. The predicted molar refractivity (Wildman–Crippen MR) is 109 cm³/mol. The summed E-state index contributed by atoms with van der Waals surface area (Å²) in [6, 6.07) is 3.90. The van der Waals surface area contributed by atoms with Crippen LogP contribution in [0.2, 0.25) is 0 Å². The number of carbonyl (C=O) groups excluding carboxylic acids is 1. The summed E-state index contributed by atoms with van der Waals surface area (Å²) in [6.45, 7) is 5.47. The number of likely N-dealkylation sites (tertiary alicyclic amines) is 1. The van der Waals surface area contributed by atoms with Gasteiger partial charge in [-0.15, -0.1) is 10.2 Å². The van der Waals surface area contributed by atoms with Crippen LogP contribution in [-0.4, -0.2) is 66.9 Å². The molecule has 2 aromatic heterocycles. The Kier molecular flexibility index (Phi) is 5.91. The number of nitrogens with zero attached hydrogens (tertiary/aromatic N) is 5. The van der Waals surface area contributed by atoms with E-state index in [1.54, 1.807) is 12.4 Å². The first-order valence-corrected chi connectivity index (χ1v) is 10.7. The number of carbonyl (C=O) groups is 1. The number of rotatable bonds is 5. The van der Waals surface area contributed by atoms with E-state index in [-0.39, 0.29) is 11.9 Å². The Morgan fingerprint density at radius 1 is 1.28 bits per heavy atom. The van der Waals surface area contributed by atoms with E-state index in [1.165, 1.54) is 0 Å². The molecule has 1 fully saturated rings. The number of aliphatic hydroxyl groups is 1. The molecule has 2 aliphatic heterocycles. The molecule has 0 bridgehead atoms. The molecule has 0 radical (unpaired) electrons. The summed E-state index contributed by atoms with van der Waals surface area (Å²) in [4.78, 5) is 19.3. The van der Waals surface area contributed by atoms with Crippen LogP contribution in [0.3, 0.4) is 0 Å². The van der Waals surface area contributed by atoms with Gasteiger partial charge in [0.1, 0.15) is 11.4 Å². The zero-order valence-electron chi connectivity index (χ0n) is 17.0. The fourth-order valence-corrected chi connectivity index (χ4v) is 4.35. The maximum absolute atomic E-state index is 12.8. The zero-order chi connectivity index (χ0) is 20.3. The lowest BCUT2D eigenvalue weighted by Crippen LogP contribution is -2.55. The number of piperidine rings is 1. The smallest absolute Gasteiger partial charge is 0.252 e. The van der Waals surface area contributed by atoms with Gasteiger partial charge in [0.2, 0.25) is 0 Å². The summed E-state index contributed by atoms with van der Waals surface area (Å²) < 4.78 is 2.13. The Hall–Kier alpha value is -2.32. The van der Waals surface area contributed by atoms with Crippen LogP contribution in [0.1, 0.15) is 44.9 Å². The standard InChI is InChI=1S/C21H30N6O2/c1-2-11-26-13-8-21(29,9-14-26)20(28)23-17-5-6-18-24-25-19(27(18)12-7-17)16-4-3-10-22-15-16/h3-4,10,15,17,29H,2,5-9,11-14H2,1H3,(H,23,28). The number of hydrogen-bond acceptors (Lipinski definition) is 6. The van der Waals surface area contributed by atoms with Crippen molar-refractivity contribution in [3.8, 4) is 11.4 Å². The molecule has 1 atom stereocenters. The quantitative estimate of drug-likeness (QED) is 0.790. The van der Waals surface area contributed by atoms with Crippen LogP contribution >= 0.6 is 0 Å². The van der Waals surface area contributed by atoms with Crippen LogP contribution < -0.4 is 5.32 Å². The molecule has 8 nitrogen and oxygen atoms in total. The van der Waals surface area contributed by atoms with Crippen LogP contribution in [0.4, 0.5) is 0 Å². The van der Waals surface area contributed by atoms with Gasteiger partial charge in [-0.3, -0.25) is 9.78 Å². The molecule has 29 heavy (non-hydrogen) atoms. The molecular weight excluding hydrogens is 368 g/mol. The summed E-state index contributed by atoms with van der Waals surface area (Å²) in [6.07, 6.45) is 7.98. The van der Waals surface area contributed by atoms with Gasteiger partial charge in [0, 0.05) is 50.1 Å². The van der Waals surface area contributed by atoms with Gasteiger partial charge in [0.15, 0.2) is 5.82 Å². The molecule has 156 valence electrons. The Morgan fingerprint density at radius 2 is 2.10 bits per heavy atom. The van der Waals surface area contributed by atoms with Crippen LogP contribution in [0.25, 0.3) is 11.4 Å². The molecule has 2 N–H and O–H groups in total. The Bertz CT molecular complexity index is 829. The molecule has 0 aliphatic carbocycles. The van der Waals surface area contributed by atoms with Crippen molar-refractivity contribution in [2.75, 3.05) is 19.6 Å². The minimum atomic E-state index is -1.24. The van der Waals surface area contributed by atoms with Gasteiger partial charge in [0.25, 0.3) is 5.91 Å². The summed E-state index contributed by atoms with van der Waals surface area (Å²) in [5.41, 5.74) is -0.297. The van der Waals surface area contributed by atoms with Crippen molar-refractivity contribution in [3.05, 3.63) is 30.4 Å². The van der Waals surface area contributed by atoms with E-state index in [2.05, 4.69) is 36.9 Å². The third-order valence-corrected chi connectivity index (χ3v) is 6.15. The van der Waals surface area contributed by atoms with Crippen LogP contribution in [0.5, 0.6) is 0 Å². The number of amides is 1. The average Bonchev–Trinajstić information content (AvgIpc) is 3.05. The highest BCUT2D eigenvalue weighted by molar-refractivity contribution is 5.85. The summed E-state index contributed by atoms with van der Waals surface area (Å²) in [5.74, 6) is 1.54. The molecule has 4 rings (SSSR count). The normalized spacial score (nSPS) is 21.9. The molecule has 1 amide bonds. The minimum Gasteiger partial charge on any atom is -0.380 e. The van der Waals surface area contributed by atoms with Gasteiger partial charge in [-0.05, 0) is 50.8 Å². The maximum Gasteiger partial charge on any atom is 0.252 e. The number of pyridine rings is 1. The van der Waals surface area contributed by atoms with Gasteiger partial charge in [-0.1, -0.05) is 6.92 Å². The highest BCUT2D eigenvalue weighted by atomic mass is 16.3. The summed E-state index contributed by atoms with van der Waals surface area (Å²) in [7, 11) is 0. The number of aromatic nitrogens is 4. The van der Waals surface area contributed by atoms with Crippen molar-refractivity contribution in [3.63, 3.8) is 0 Å². The Labute approximate surface area is 171 Å². The largest absolute Gasteiger partial charge is 0.380 e. The first kappa shape index (κ1) is 20.0. The van der Waals surface area contributed by atoms with Gasteiger partial charge < -0.3 is 19.9 Å². The molecule has 0 saturated carbocycles. The molecule has 1 unspecified atom stereocenters. The van der Waals surface area contributed by atoms with Crippen molar-refractivity contribution >= 4 is 5.91 Å². The fraction of sp³-hybridized carbons (Fsp3) is 0.619. The number of nitrogens with one attached hydrogen (secondary N) is 1. The number of aryl methyl sites for hydroxylation is 1.